The van der Waals surface area contributed by atoms with Crippen LogP contribution in [0.5, 0.6) is 0 Å². The highest BCUT2D eigenvalue weighted by Crippen LogP contribution is 2.33. The Balaban J connectivity index is 1.51. The molecule has 0 saturated heterocycles. The molecule has 1 saturated carbocycles. The average Bonchev–Trinajstić information content (AvgIpc) is 3.21. The van der Waals surface area contributed by atoms with Crippen LogP contribution >= 0.6 is 23.1 Å². The smallest absolute Gasteiger partial charge is 0.252 e. The van der Waals surface area contributed by atoms with Gasteiger partial charge >= 0.3 is 0 Å². The van der Waals surface area contributed by atoms with Crippen LogP contribution in [0.25, 0.3) is 0 Å². The number of hydrogen-bond acceptors (Lipinski definition) is 5. The Hall–Kier alpha value is -1.86. The predicted molar refractivity (Wildman–Crippen MR) is 120 cm³/mol. The van der Waals surface area contributed by atoms with Gasteiger partial charge in [-0.15, -0.1) is 23.1 Å². The van der Waals surface area contributed by atoms with Gasteiger partial charge in [0, 0.05) is 43.3 Å². The Morgan fingerprint density at radius 1 is 1.21 bits per heavy atom. The molecule has 1 aromatic heterocycles. The number of hydrogen-bond donors (Lipinski definition) is 1. The lowest BCUT2D eigenvalue weighted by Crippen LogP contribution is -2.26. The van der Waals surface area contributed by atoms with Crippen LogP contribution in [-0.4, -0.2) is 48.1 Å². The number of aromatic nitrogens is 1. The van der Waals surface area contributed by atoms with Crippen molar-refractivity contribution in [3.63, 3.8) is 0 Å². The topological polar surface area (TPSA) is 62.3 Å². The molecular formula is C22H29N3O2S2. The zero-order valence-corrected chi connectivity index (χ0v) is 18.8. The van der Waals surface area contributed by atoms with Crippen molar-refractivity contribution in [1.82, 2.24) is 15.2 Å². The fourth-order valence-electron chi connectivity index (χ4n) is 3.45. The van der Waals surface area contributed by atoms with E-state index in [9.17, 15) is 9.59 Å². The Morgan fingerprint density at radius 2 is 1.97 bits per heavy atom. The highest BCUT2D eigenvalue weighted by atomic mass is 32.2. The fraction of sp³-hybridized carbons (Fsp3) is 0.500. The van der Waals surface area contributed by atoms with Gasteiger partial charge in [0.1, 0.15) is 0 Å². The van der Waals surface area contributed by atoms with Crippen LogP contribution in [0.2, 0.25) is 0 Å². The van der Waals surface area contributed by atoms with Crippen LogP contribution in [0.1, 0.15) is 59.1 Å². The maximum atomic E-state index is 12.7. The molecule has 3 rings (SSSR count). The fourth-order valence-corrected chi connectivity index (χ4v) is 5.36. The van der Waals surface area contributed by atoms with Gasteiger partial charge in [0.25, 0.3) is 5.91 Å². The van der Waals surface area contributed by atoms with Gasteiger partial charge < -0.3 is 10.2 Å². The molecular weight excluding hydrogens is 402 g/mol. The summed E-state index contributed by atoms with van der Waals surface area (Å²) >= 11 is 3.10. The van der Waals surface area contributed by atoms with Gasteiger partial charge in [-0.25, -0.2) is 4.98 Å². The summed E-state index contributed by atoms with van der Waals surface area (Å²) in [5.41, 5.74) is 1.86. The van der Waals surface area contributed by atoms with Crippen molar-refractivity contribution < 1.29 is 9.59 Å². The van der Waals surface area contributed by atoms with Crippen molar-refractivity contribution in [2.45, 2.75) is 49.3 Å². The first-order chi connectivity index (χ1) is 14.0. The van der Waals surface area contributed by atoms with E-state index in [-0.39, 0.29) is 11.8 Å². The molecule has 0 aliphatic heterocycles. The van der Waals surface area contributed by atoms with E-state index >= 15 is 0 Å². The predicted octanol–water partition coefficient (Wildman–Crippen LogP) is 4.34. The van der Waals surface area contributed by atoms with Gasteiger partial charge in [0.2, 0.25) is 5.91 Å². The third kappa shape index (κ3) is 6.31. The monoisotopic (exact) mass is 431 g/mol. The first-order valence-electron chi connectivity index (χ1n) is 10.2. The molecule has 1 aliphatic rings. The summed E-state index contributed by atoms with van der Waals surface area (Å²) in [6.07, 6.45) is 7.23. The summed E-state index contributed by atoms with van der Waals surface area (Å²) in [7, 11) is 3.47. The zero-order chi connectivity index (χ0) is 20.6. The van der Waals surface area contributed by atoms with Crippen LogP contribution in [0.3, 0.4) is 0 Å². The molecule has 5 nitrogen and oxygen atoms in total. The molecule has 2 aromatic rings. The molecule has 2 amide bonds. The van der Waals surface area contributed by atoms with Gasteiger partial charge in [-0.2, -0.15) is 0 Å². The number of carbonyl (C=O) groups is 2. The third-order valence-electron chi connectivity index (χ3n) is 5.20. The zero-order valence-electron chi connectivity index (χ0n) is 17.1. The van der Waals surface area contributed by atoms with E-state index in [0.29, 0.717) is 23.8 Å². The van der Waals surface area contributed by atoms with Gasteiger partial charge in [-0.05, 0) is 25.0 Å². The summed E-state index contributed by atoms with van der Waals surface area (Å²) in [5, 5.41) is 6.29. The average molecular weight is 432 g/mol. The molecule has 1 aliphatic carbocycles. The maximum absolute atomic E-state index is 12.7. The van der Waals surface area contributed by atoms with Crippen molar-refractivity contribution >= 4 is 34.9 Å². The third-order valence-corrected chi connectivity index (χ3v) is 7.18. The molecule has 0 spiro atoms. The van der Waals surface area contributed by atoms with Gasteiger partial charge in [-0.3, -0.25) is 9.59 Å². The molecule has 156 valence electrons. The Labute approximate surface area is 181 Å². The van der Waals surface area contributed by atoms with Gasteiger partial charge in [0.05, 0.1) is 22.0 Å². The minimum atomic E-state index is -0.102. The summed E-state index contributed by atoms with van der Waals surface area (Å²) in [5.74, 6) is 0.870. The second-order valence-corrected chi connectivity index (χ2v) is 9.54. The lowest BCUT2D eigenvalue weighted by molar-refractivity contribution is -0.125. The van der Waals surface area contributed by atoms with E-state index in [1.807, 2.05) is 24.3 Å². The number of thiazole rings is 1. The molecule has 0 bridgehead atoms. The highest BCUT2D eigenvalue weighted by molar-refractivity contribution is 8.00. The summed E-state index contributed by atoms with van der Waals surface area (Å²) < 4.78 is 0. The molecule has 1 heterocycles. The number of thioether (sulfide) groups is 1. The van der Waals surface area contributed by atoms with E-state index in [1.54, 1.807) is 30.3 Å². The number of nitrogens with zero attached hydrogens (tertiary/aromatic N) is 2. The highest BCUT2D eigenvalue weighted by Gasteiger charge is 2.18. The number of benzene rings is 1. The molecule has 0 unspecified atom stereocenters. The molecule has 1 N–H and O–H groups in total. The Bertz CT molecular complexity index is 829. The largest absolute Gasteiger partial charge is 0.352 e. The van der Waals surface area contributed by atoms with Crippen molar-refractivity contribution in [2.24, 2.45) is 0 Å². The number of carbonyl (C=O) groups excluding carboxylic acids is 2. The second kappa shape index (κ2) is 10.8. The van der Waals surface area contributed by atoms with E-state index in [4.69, 9.17) is 4.98 Å². The Morgan fingerprint density at radius 3 is 2.72 bits per heavy atom. The van der Waals surface area contributed by atoms with Crippen molar-refractivity contribution in [3.05, 3.63) is 45.9 Å². The normalized spacial score (nSPS) is 14.6. The van der Waals surface area contributed by atoms with E-state index < -0.39 is 0 Å². The summed E-state index contributed by atoms with van der Waals surface area (Å²) in [6.45, 7) is 0.562. The van der Waals surface area contributed by atoms with E-state index in [2.05, 4.69) is 10.7 Å². The SMILES string of the molecule is CN(C)C(=O)CSc1ccccc1C(=O)NCCc1nc(C2CCCCC2)cs1. The second-order valence-electron chi connectivity index (χ2n) is 7.58. The van der Waals surface area contributed by atoms with E-state index in [1.165, 1.54) is 49.6 Å². The van der Waals surface area contributed by atoms with Crippen LogP contribution in [0.4, 0.5) is 0 Å². The lowest BCUT2D eigenvalue weighted by Gasteiger charge is -2.19. The lowest BCUT2D eigenvalue weighted by atomic mass is 9.87. The van der Waals surface area contributed by atoms with Crippen molar-refractivity contribution in [3.8, 4) is 0 Å². The molecule has 0 atom stereocenters. The van der Waals surface area contributed by atoms with Gasteiger partial charge in [-0.1, -0.05) is 31.4 Å². The molecule has 29 heavy (non-hydrogen) atoms. The van der Waals surface area contributed by atoms with Crippen molar-refractivity contribution in [2.75, 3.05) is 26.4 Å². The maximum Gasteiger partial charge on any atom is 0.252 e. The first-order valence-corrected chi connectivity index (χ1v) is 12.1. The summed E-state index contributed by atoms with van der Waals surface area (Å²) in [6, 6.07) is 7.44. The standard InChI is InChI=1S/C22H29N3O2S2/c1-25(2)21(26)15-28-19-11-7-6-10-17(19)22(27)23-13-12-20-24-18(14-29-20)16-8-4-3-5-9-16/h6-7,10-11,14,16H,3-5,8-9,12-13,15H2,1-2H3,(H,23,27). The number of nitrogens with one attached hydrogen (secondary N) is 1. The number of rotatable bonds is 8. The van der Waals surface area contributed by atoms with Gasteiger partial charge in [0.15, 0.2) is 0 Å². The first kappa shape index (κ1) is 21.8. The van der Waals surface area contributed by atoms with E-state index in [0.717, 1.165) is 16.3 Å². The van der Waals surface area contributed by atoms with Crippen LogP contribution < -0.4 is 5.32 Å². The molecule has 7 heteroatoms. The molecule has 1 fully saturated rings. The minimum absolute atomic E-state index is 0.0303. The van der Waals surface area contributed by atoms with Crippen LogP contribution in [0, 0.1) is 0 Å². The molecule has 0 radical (unpaired) electrons. The quantitative estimate of drug-likeness (QED) is 0.632. The minimum Gasteiger partial charge on any atom is -0.352 e. The number of amides is 2. The van der Waals surface area contributed by atoms with Crippen LogP contribution in [0.15, 0.2) is 34.5 Å². The summed E-state index contributed by atoms with van der Waals surface area (Å²) in [4.78, 5) is 31.7. The molecule has 1 aromatic carbocycles. The van der Waals surface area contributed by atoms with Crippen LogP contribution in [-0.2, 0) is 11.2 Å². The Kier molecular flexibility index (Phi) is 8.12. The van der Waals surface area contributed by atoms with Crippen molar-refractivity contribution in [1.29, 1.82) is 0 Å².